The highest BCUT2D eigenvalue weighted by molar-refractivity contribution is 7.19. The van der Waals surface area contributed by atoms with Gasteiger partial charge in [-0.1, -0.05) is 0 Å². The topological polar surface area (TPSA) is 105 Å². The van der Waals surface area contributed by atoms with Crippen LogP contribution in [-0.2, 0) is 22.4 Å². The van der Waals surface area contributed by atoms with Crippen molar-refractivity contribution in [2.45, 2.75) is 32.1 Å². The Kier molecular flexibility index (Phi) is 6.22. The number of carbonyl (C=O) groups is 1. The molecule has 1 atom stereocenters. The minimum Gasteiger partial charge on any atom is -0.491 e. The molecule has 1 unspecified atom stereocenters. The number of nitrogens with zero attached hydrogens (tertiary/aromatic N) is 4. The van der Waals surface area contributed by atoms with E-state index in [1.165, 1.54) is 10.4 Å². The lowest BCUT2D eigenvalue weighted by Gasteiger charge is -2.24. The Bertz CT molecular complexity index is 1410. The maximum Gasteiger partial charge on any atom is 0.225 e. The van der Waals surface area contributed by atoms with Crippen molar-refractivity contribution in [3.05, 3.63) is 35.1 Å². The average Bonchev–Trinajstić information content (AvgIpc) is 3.51. The van der Waals surface area contributed by atoms with Gasteiger partial charge in [-0.25, -0.2) is 9.97 Å². The molecule has 1 aromatic carbocycles. The predicted molar refractivity (Wildman–Crippen MR) is 140 cm³/mol. The van der Waals surface area contributed by atoms with Gasteiger partial charge < -0.3 is 19.7 Å². The Morgan fingerprint density at radius 1 is 1.25 bits per heavy atom. The molecule has 1 amide bonds. The summed E-state index contributed by atoms with van der Waals surface area (Å²) in [5.41, 5.74) is 3.04. The second kappa shape index (κ2) is 9.67. The summed E-state index contributed by atoms with van der Waals surface area (Å²) in [7, 11) is 3.66. The zero-order chi connectivity index (χ0) is 24.6. The van der Waals surface area contributed by atoms with Gasteiger partial charge in [0.15, 0.2) is 0 Å². The number of anilines is 2. The van der Waals surface area contributed by atoms with E-state index in [1.54, 1.807) is 22.6 Å². The number of hydrogen-bond donors (Lipinski definition) is 2. The van der Waals surface area contributed by atoms with Crippen LogP contribution in [0, 0.1) is 11.8 Å². The van der Waals surface area contributed by atoms with Crippen molar-refractivity contribution >= 4 is 49.9 Å². The van der Waals surface area contributed by atoms with Crippen LogP contribution in [0.25, 0.3) is 21.1 Å². The van der Waals surface area contributed by atoms with Gasteiger partial charge in [-0.05, 0) is 49.7 Å². The maximum atomic E-state index is 12.6. The first-order valence-electron chi connectivity index (χ1n) is 12.5. The minimum atomic E-state index is 0.0265. The molecular formula is C26H30N6O3S. The summed E-state index contributed by atoms with van der Waals surface area (Å²) in [5, 5.41) is 12.9. The van der Waals surface area contributed by atoms with Gasteiger partial charge in [0.2, 0.25) is 5.91 Å². The fourth-order valence-corrected chi connectivity index (χ4v) is 6.48. The molecule has 2 N–H and O–H groups in total. The third-order valence-electron chi connectivity index (χ3n) is 7.24. The number of benzene rings is 1. The summed E-state index contributed by atoms with van der Waals surface area (Å²) >= 11 is 1.67. The van der Waals surface area contributed by atoms with Gasteiger partial charge >= 0.3 is 0 Å². The lowest BCUT2D eigenvalue weighted by Crippen LogP contribution is -2.32. The van der Waals surface area contributed by atoms with E-state index in [0.29, 0.717) is 12.5 Å². The molecule has 0 spiro atoms. The highest BCUT2D eigenvalue weighted by atomic mass is 32.1. The molecule has 1 fully saturated rings. The molecule has 0 bridgehead atoms. The number of aromatic nitrogens is 4. The fourth-order valence-electron chi connectivity index (χ4n) is 5.22. The van der Waals surface area contributed by atoms with E-state index in [4.69, 9.17) is 9.47 Å². The second-order valence-electron chi connectivity index (χ2n) is 9.88. The van der Waals surface area contributed by atoms with Crippen molar-refractivity contribution in [3.63, 3.8) is 0 Å². The zero-order valence-corrected chi connectivity index (χ0v) is 21.4. The molecule has 2 aliphatic rings. The van der Waals surface area contributed by atoms with Gasteiger partial charge in [-0.15, -0.1) is 11.3 Å². The van der Waals surface area contributed by atoms with Gasteiger partial charge in [0, 0.05) is 49.6 Å². The molecular weight excluding hydrogens is 476 g/mol. The average molecular weight is 507 g/mol. The number of H-pyrrole nitrogens is 1. The van der Waals surface area contributed by atoms with Crippen LogP contribution in [0.15, 0.2) is 24.7 Å². The Morgan fingerprint density at radius 2 is 2.11 bits per heavy atom. The molecule has 4 heterocycles. The number of rotatable bonds is 6. The summed E-state index contributed by atoms with van der Waals surface area (Å²) < 4.78 is 11.8. The van der Waals surface area contributed by atoms with E-state index in [0.717, 1.165) is 83.7 Å². The first-order valence-corrected chi connectivity index (χ1v) is 13.3. The number of amides is 1. The first-order chi connectivity index (χ1) is 17.6. The summed E-state index contributed by atoms with van der Waals surface area (Å²) in [6.07, 6.45) is 7.88. The number of hydrogen-bond acceptors (Lipinski definition) is 8. The summed E-state index contributed by atoms with van der Waals surface area (Å²) in [5.74, 6) is 2.25. The molecule has 4 aromatic rings. The third kappa shape index (κ3) is 4.39. The van der Waals surface area contributed by atoms with Crippen molar-refractivity contribution in [3.8, 4) is 5.75 Å². The number of carbonyl (C=O) groups excluding carboxylic acids is 1. The standard InChI is InChI=1S/C26H30N6O3S/c1-32(2)26(33)16-3-4-18-22(10-16)36-25-23(18)24(27-14-28-25)30-20-9-17-12-29-31-19(17)11-21(20)35-13-15-5-7-34-8-6-15/h9,11-12,14-16H,3-8,10,13H2,1-2H3,(H,29,31)(H,27,28,30). The number of ether oxygens (including phenoxy) is 2. The van der Waals surface area contributed by atoms with Crippen molar-refractivity contribution in [1.82, 2.24) is 25.1 Å². The highest BCUT2D eigenvalue weighted by Gasteiger charge is 2.30. The van der Waals surface area contributed by atoms with E-state index >= 15 is 0 Å². The van der Waals surface area contributed by atoms with Gasteiger partial charge in [-0.3, -0.25) is 9.89 Å². The van der Waals surface area contributed by atoms with Crippen LogP contribution in [0.1, 0.15) is 29.7 Å². The quantitative estimate of drug-likeness (QED) is 0.401. The van der Waals surface area contributed by atoms with Gasteiger partial charge in [0.1, 0.15) is 22.7 Å². The van der Waals surface area contributed by atoms with Gasteiger partial charge in [0.25, 0.3) is 0 Å². The highest BCUT2D eigenvalue weighted by Crippen LogP contribution is 2.42. The van der Waals surface area contributed by atoms with Crippen LogP contribution < -0.4 is 10.1 Å². The van der Waals surface area contributed by atoms with Crippen molar-refractivity contribution in [1.29, 1.82) is 0 Å². The van der Waals surface area contributed by atoms with Crippen molar-refractivity contribution in [2.24, 2.45) is 11.8 Å². The Morgan fingerprint density at radius 3 is 2.94 bits per heavy atom. The molecule has 0 radical (unpaired) electrons. The molecule has 3 aromatic heterocycles. The fraction of sp³-hybridized carbons (Fsp3) is 0.462. The molecule has 36 heavy (non-hydrogen) atoms. The molecule has 6 rings (SSSR count). The van der Waals surface area contributed by atoms with Crippen LogP contribution in [0.2, 0.25) is 0 Å². The molecule has 0 saturated carbocycles. The number of thiophene rings is 1. The van der Waals surface area contributed by atoms with Gasteiger partial charge in [-0.2, -0.15) is 5.10 Å². The lowest BCUT2D eigenvalue weighted by molar-refractivity contribution is -0.133. The van der Waals surface area contributed by atoms with Crippen LogP contribution in [-0.4, -0.2) is 64.9 Å². The lowest BCUT2D eigenvalue weighted by atomic mass is 9.87. The Labute approximate surface area is 213 Å². The van der Waals surface area contributed by atoms with Crippen LogP contribution in [0.4, 0.5) is 11.5 Å². The molecule has 1 aliphatic carbocycles. The smallest absolute Gasteiger partial charge is 0.225 e. The minimum absolute atomic E-state index is 0.0265. The summed E-state index contributed by atoms with van der Waals surface area (Å²) in [6, 6.07) is 4.06. The third-order valence-corrected chi connectivity index (χ3v) is 8.41. The van der Waals surface area contributed by atoms with Crippen LogP contribution in [0.5, 0.6) is 5.75 Å². The number of aryl methyl sites for hydroxylation is 1. The van der Waals surface area contributed by atoms with Crippen molar-refractivity contribution < 1.29 is 14.3 Å². The Hall–Kier alpha value is -3.24. The largest absolute Gasteiger partial charge is 0.491 e. The molecule has 1 saturated heterocycles. The van der Waals surface area contributed by atoms with E-state index < -0.39 is 0 Å². The van der Waals surface area contributed by atoms with E-state index in [9.17, 15) is 4.79 Å². The monoisotopic (exact) mass is 506 g/mol. The number of aromatic amines is 1. The maximum absolute atomic E-state index is 12.6. The number of nitrogens with one attached hydrogen (secondary N) is 2. The zero-order valence-electron chi connectivity index (χ0n) is 20.5. The van der Waals surface area contributed by atoms with Crippen molar-refractivity contribution in [2.75, 3.05) is 39.2 Å². The molecule has 188 valence electrons. The molecule has 1 aliphatic heterocycles. The summed E-state index contributed by atoms with van der Waals surface area (Å²) in [6.45, 7) is 2.23. The molecule has 9 nitrogen and oxygen atoms in total. The van der Waals surface area contributed by atoms with E-state index in [-0.39, 0.29) is 11.8 Å². The van der Waals surface area contributed by atoms with E-state index in [1.807, 2.05) is 26.4 Å². The normalized spacial score (nSPS) is 18.3. The van der Waals surface area contributed by atoms with Crippen LogP contribution in [0.3, 0.4) is 0 Å². The summed E-state index contributed by atoms with van der Waals surface area (Å²) in [4.78, 5) is 25.7. The second-order valence-corrected chi connectivity index (χ2v) is 11.0. The SMILES string of the molecule is CN(C)C(=O)C1CCc2c(sc3ncnc(Nc4cc5cn[nH]c5cc4OCC4CCOCC4)c23)C1. The van der Waals surface area contributed by atoms with Gasteiger partial charge in [0.05, 0.1) is 29.4 Å². The van der Waals surface area contributed by atoms with Crippen LogP contribution >= 0.6 is 11.3 Å². The predicted octanol–water partition coefficient (Wildman–Crippen LogP) is 4.31. The number of fused-ring (bicyclic) bond motifs is 4. The molecule has 10 heteroatoms. The Balaban J connectivity index is 1.32. The van der Waals surface area contributed by atoms with E-state index in [2.05, 4.69) is 31.5 Å². The first kappa shape index (κ1) is 23.2.